The molecule has 0 radical (unpaired) electrons. The largest absolute Gasteiger partial charge is 0.347 e. The smallest absolute Gasteiger partial charge is 0.0480 e. The molecule has 0 amide bonds. The Morgan fingerprint density at radius 2 is 2.10 bits per heavy atom. The molecule has 2 nitrogen and oxygen atoms in total. The Bertz CT molecular complexity index is 543. The van der Waals surface area contributed by atoms with Crippen LogP contribution in [0.4, 0.5) is 0 Å². The Morgan fingerprint density at radius 1 is 1.20 bits per heavy atom. The molecule has 0 aliphatic heterocycles. The van der Waals surface area contributed by atoms with Crippen LogP contribution in [0.15, 0.2) is 36.5 Å². The lowest BCUT2D eigenvalue weighted by atomic mass is 10.1. The minimum Gasteiger partial charge on any atom is -0.347 e. The van der Waals surface area contributed by atoms with E-state index in [4.69, 9.17) is 0 Å². The summed E-state index contributed by atoms with van der Waals surface area (Å²) >= 11 is 0. The second-order valence-corrected chi connectivity index (χ2v) is 6.16. The molecule has 1 aliphatic carbocycles. The standard InChI is InChI=1S/C18H26N2/c1-2-15-8-9-17(14-15)19-11-5-12-20-13-10-16-6-3-4-7-18(16)20/h3-4,6-7,10,13,15,17,19H,2,5,8-9,11-12,14H2,1H3. The van der Waals surface area contributed by atoms with E-state index in [1.807, 2.05) is 0 Å². The molecule has 0 bridgehead atoms. The highest BCUT2D eigenvalue weighted by Gasteiger charge is 2.22. The van der Waals surface area contributed by atoms with Crippen LogP contribution in [0.25, 0.3) is 10.9 Å². The van der Waals surface area contributed by atoms with Gasteiger partial charge in [0.05, 0.1) is 0 Å². The number of rotatable bonds is 6. The van der Waals surface area contributed by atoms with Crippen LogP contribution in [0.2, 0.25) is 0 Å². The van der Waals surface area contributed by atoms with E-state index in [-0.39, 0.29) is 0 Å². The van der Waals surface area contributed by atoms with Crippen molar-refractivity contribution in [2.75, 3.05) is 6.54 Å². The summed E-state index contributed by atoms with van der Waals surface area (Å²) in [7, 11) is 0. The fourth-order valence-corrected chi connectivity index (χ4v) is 3.52. The van der Waals surface area contributed by atoms with Crippen LogP contribution >= 0.6 is 0 Å². The van der Waals surface area contributed by atoms with Gasteiger partial charge in [0.15, 0.2) is 0 Å². The zero-order valence-corrected chi connectivity index (χ0v) is 12.5. The fraction of sp³-hybridized carbons (Fsp3) is 0.556. The molecule has 1 aromatic heterocycles. The molecule has 1 heterocycles. The molecule has 0 spiro atoms. The van der Waals surface area contributed by atoms with Gasteiger partial charge in [-0.2, -0.15) is 0 Å². The van der Waals surface area contributed by atoms with E-state index >= 15 is 0 Å². The van der Waals surface area contributed by atoms with Crippen molar-refractivity contribution < 1.29 is 0 Å². The minimum absolute atomic E-state index is 0.779. The summed E-state index contributed by atoms with van der Waals surface area (Å²) in [6.45, 7) is 4.59. The van der Waals surface area contributed by atoms with Gasteiger partial charge in [-0.05, 0) is 55.7 Å². The zero-order chi connectivity index (χ0) is 13.8. The molecule has 3 rings (SSSR count). The molecule has 1 aliphatic rings. The van der Waals surface area contributed by atoms with Gasteiger partial charge < -0.3 is 9.88 Å². The normalized spacial score (nSPS) is 22.6. The summed E-state index contributed by atoms with van der Waals surface area (Å²) in [5.41, 5.74) is 1.36. The van der Waals surface area contributed by atoms with Gasteiger partial charge in [0.1, 0.15) is 0 Å². The van der Waals surface area contributed by atoms with Crippen LogP contribution in [-0.4, -0.2) is 17.2 Å². The first-order chi connectivity index (χ1) is 9.86. The molecule has 2 unspecified atom stereocenters. The molecular weight excluding hydrogens is 244 g/mol. The number of fused-ring (bicyclic) bond motifs is 1. The average molecular weight is 270 g/mol. The van der Waals surface area contributed by atoms with Crippen molar-refractivity contribution in [2.24, 2.45) is 5.92 Å². The third-order valence-corrected chi connectivity index (χ3v) is 4.81. The number of benzene rings is 1. The van der Waals surface area contributed by atoms with Crippen molar-refractivity contribution in [2.45, 2.75) is 51.6 Å². The van der Waals surface area contributed by atoms with Crippen molar-refractivity contribution in [3.8, 4) is 0 Å². The van der Waals surface area contributed by atoms with Gasteiger partial charge in [0.25, 0.3) is 0 Å². The van der Waals surface area contributed by atoms with Gasteiger partial charge in [-0.3, -0.25) is 0 Å². The van der Waals surface area contributed by atoms with E-state index in [1.165, 1.54) is 43.0 Å². The highest BCUT2D eigenvalue weighted by Crippen LogP contribution is 2.27. The Morgan fingerprint density at radius 3 is 2.95 bits per heavy atom. The van der Waals surface area contributed by atoms with Gasteiger partial charge >= 0.3 is 0 Å². The quantitative estimate of drug-likeness (QED) is 0.778. The summed E-state index contributed by atoms with van der Waals surface area (Å²) in [5.74, 6) is 0.973. The van der Waals surface area contributed by atoms with Crippen LogP contribution < -0.4 is 5.32 Å². The molecule has 2 aromatic rings. The summed E-state index contributed by atoms with van der Waals surface area (Å²) in [6, 6.07) is 11.6. The highest BCUT2D eigenvalue weighted by atomic mass is 15.0. The summed E-state index contributed by atoms with van der Waals surface area (Å²) < 4.78 is 2.38. The molecule has 108 valence electrons. The first kappa shape index (κ1) is 13.7. The average Bonchev–Trinajstić information content (AvgIpc) is 3.10. The molecule has 1 aromatic carbocycles. The molecule has 2 heteroatoms. The van der Waals surface area contributed by atoms with E-state index in [0.717, 1.165) is 25.0 Å². The summed E-state index contributed by atoms with van der Waals surface area (Å²) in [5, 5.41) is 5.09. The topological polar surface area (TPSA) is 17.0 Å². The van der Waals surface area contributed by atoms with E-state index in [0.29, 0.717) is 0 Å². The van der Waals surface area contributed by atoms with Crippen LogP contribution in [0.3, 0.4) is 0 Å². The highest BCUT2D eigenvalue weighted by molar-refractivity contribution is 5.79. The fourth-order valence-electron chi connectivity index (χ4n) is 3.52. The lowest BCUT2D eigenvalue weighted by Gasteiger charge is -2.13. The van der Waals surface area contributed by atoms with Gasteiger partial charge in [0.2, 0.25) is 0 Å². The maximum Gasteiger partial charge on any atom is 0.0480 e. The number of hydrogen-bond acceptors (Lipinski definition) is 1. The van der Waals surface area contributed by atoms with Crippen molar-refractivity contribution in [3.63, 3.8) is 0 Å². The Labute approximate surface area is 122 Å². The maximum absolute atomic E-state index is 3.74. The molecule has 20 heavy (non-hydrogen) atoms. The predicted octanol–water partition coefficient (Wildman–Crippen LogP) is 4.20. The van der Waals surface area contributed by atoms with Gasteiger partial charge in [-0.25, -0.2) is 0 Å². The number of aryl methyl sites for hydroxylation is 1. The predicted molar refractivity (Wildman–Crippen MR) is 86.0 cm³/mol. The van der Waals surface area contributed by atoms with E-state index in [1.54, 1.807) is 0 Å². The first-order valence-corrected chi connectivity index (χ1v) is 8.14. The van der Waals surface area contributed by atoms with E-state index < -0.39 is 0 Å². The lowest BCUT2D eigenvalue weighted by molar-refractivity contribution is 0.466. The van der Waals surface area contributed by atoms with Crippen molar-refractivity contribution in [1.29, 1.82) is 0 Å². The molecular formula is C18H26N2. The monoisotopic (exact) mass is 270 g/mol. The second-order valence-electron chi connectivity index (χ2n) is 6.16. The Kier molecular flexibility index (Phi) is 4.41. The van der Waals surface area contributed by atoms with Crippen LogP contribution in [-0.2, 0) is 6.54 Å². The third kappa shape index (κ3) is 3.06. The summed E-state index contributed by atoms with van der Waals surface area (Å²) in [6.07, 6.45) is 8.98. The van der Waals surface area contributed by atoms with E-state index in [9.17, 15) is 0 Å². The zero-order valence-electron chi connectivity index (χ0n) is 12.5. The van der Waals surface area contributed by atoms with Crippen LogP contribution in [0.5, 0.6) is 0 Å². The van der Waals surface area contributed by atoms with Crippen molar-refractivity contribution >= 4 is 10.9 Å². The molecule has 1 saturated carbocycles. The molecule has 1 fully saturated rings. The Hall–Kier alpha value is -1.28. The van der Waals surface area contributed by atoms with E-state index in [2.05, 4.69) is 53.3 Å². The second kappa shape index (κ2) is 6.45. The number of hydrogen-bond donors (Lipinski definition) is 1. The lowest BCUT2D eigenvalue weighted by Crippen LogP contribution is -2.28. The van der Waals surface area contributed by atoms with Gasteiger partial charge in [-0.15, -0.1) is 0 Å². The number of aromatic nitrogens is 1. The van der Waals surface area contributed by atoms with Gasteiger partial charge in [-0.1, -0.05) is 31.5 Å². The molecule has 2 atom stereocenters. The number of para-hydroxylation sites is 1. The maximum atomic E-state index is 3.74. The third-order valence-electron chi connectivity index (χ3n) is 4.81. The molecule has 1 N–H and O–H groups in total. The number of nitrogens with zero attached hydrogens (tertiary/aromatic N) is 1. The Balaban J connectivity index is 1.44. The van der Waals surface area contributed by atoms with Crippen molar-refractivity contribution in [1.82, 2.24) is 9.88 Å². The van der Waals surface area contributed by atoms with Gasteiger partial charge in [0, 0.05) is 24.3 Å². The number of nitrogens with one attached hydrogen (secondary N) is 1. The van der Waals surface area contributed by atoms with Crippen LogP contribution in [0.1, 0.15) is 39.0 Å². The SMILES string of the molecule is CCC1CCC(NCCCn2ccc3ccccc32)C1. The summed E-state index contributed by atoms with van der Waals surface area (Å²) in [4.78, 5) is 0. The molecule has 0 saturated heterocycles. The first-order valence-electron chi connectivity index (χ1n) is 8.14. The minimum atomic E-state index is 0.779. The van der Waals surface area contributed by atoms with Crippen LogP contribution in [0, 0.1) is 5.92 Å². The van der Waals surface area contributed by atoms with Crippen molar-refractivity contribution in [3.05, 3.63) is 36.5 Å².